The Labute approximate surface area is 124 Å². The van der Waals surface area contributed by atoms with Gasteiger partial charge in [0.2, 0.25) is 5.91 Å². The highest BCUT2D eigenvalue weighted by molar-refractivity contribution is 6.30. The smallest absolute Gasteiger partial charge is 0.238 e. The first kappa shape index (κ1) is 15.3. The second-order valence-electron chi connectivity index (χ2n) is 5.93. The maximum Gasteiger partial charge on any atom is 0.238 e. The summed E-state index contributed by atoms with van der Waals surface area (Å²) in [5.74, 6) is 0.0255. The van der Waals surface area contributed by atoms with Gasteiger partial charge in [-0.3, -0.25) is 9.48 Å². The molecule has 1 heterocycles. The number of halogens is 1. The second-order valence-corrected chi connectivity index (χ2v) is 6.37. The zero-order valence-corrected chi connectivity index (χ0v) is 12.9. The minimum absolute atomic E-state index is 0.229. The molecule has 0 radical (unpaired) electrons. The summed E-state index contributed by atoms with van der Waals surface area (Å²) in [6.07, 6.45) is 7.19. The first-order valence-electron chi connectivity index (χ1n) is 7.19. The third kappa shape index (κ3) is 3.15. The lowest BCUT2D eigenvalue weighted by Gasteiger charge is -2.35. The summed E-state index contributed by atoms with van der Waals surface area (Å²) in [7, 11) is 0. The number of rotatable bonds is 6. The van der Waals surface area contributed by atoms with Gasteiger partial charge in [-0.1, -0.05) is 18.0 Å². The van der Waals surface area contributed by atoms with Crippen molar-refractivity contribution in [2.24, 2.45) is 11.7 Å². The van der Waals surface area contributed by atoms with Crippen molar-refractivity contribution >= 4 is 17.5 Å². The van der Waals surface area contributed by atoms with E-state index < -0.39 is 5.54 Å². The fourth-order valence-electron chi connectivity index (χ4n) is 3.32. The Hall–Kier alpha value is -1.07. The summed E-state index contributed by atoms with van der Waals surface area (Å²) in [5, 5.41) is 8.23. The van der Waals surface area contributed by atoms with Crippen molar-refractivity contribution in [1.29, 1.82) is 0 Å². The standard InChI is InChI=1S/C14H23ClN4O/c1-10(2)18-14(13(16)20)6-3-4-11(14)5-7-19-9-12(15)8-17-19/h8-11,18H,3-7H2,1-2H3,(H2,16,20). The van der Waals surface area contributed by atoms with Crippen LogP contribution < -0.4 is 11.1 Å². The van der Waals surface area contributed by atoms with Crippen LogP contribution in [0.2, 0.25) is 5.02 Å². The van der Waals surface area contributed by atoms with Gasteiger partial charge in [-0.05, 0) is 39.0 Å². The minimum Gasteiger partial charge on any atom is -0.368 e. The molecular formula is C14H23ClN4O. The number of aryl methyl sites for hydroxylation is 1. The van der Waals surface area contributed by atoms with Crippen LogP contribution in [-0.2, 0) is 11.3 Å². The molecule has 3 N–H and O–H groups in total. The zero-order chi connectivity index (χ0) is 14.8. The molecule has 2 rings (SSSR count). The SMILES string of the molecule is CC(C)NC1(C(N)=O)CCCC1CCn1cc(Cl)cn1. The van der Waals surface area contributed by atoms with Crippen molar-refractivity contribution < 1.29 is 4.79 Å². The molecule has 20 heavy (non-hydrogen) atoms. The van der Waals surface area contributed by atoms with Crippen molar-refractivity contribution in [1.82, 2.24) is 15.1 Å². The van der Waals surface area contributed by atoms with Gasteiger partial charge in [0.05, 0.1) is 11.2 Å². The fourth-order valence-corrected chi connectivity index (χ4v) is 3.47. The van der Waals surface area contributed by atoms with Crippen LogP contribution in [0.3, 0.4) is 0 Å². The van der Waals surface area contributed by atoms with Crippen LogP contribution in [0, 0.1) is 5.92 Å². The van der Waals surface area contributed by atoms with Gasteiger partial charge >= 0.3 is 0 Å². The second kappa shape index (κ2) is 6.14. The molecule has 1 fully saturated rings. The summed E-state index contributed by atoms with van der Waals surface area (Å²) < 4.78 is 1.82. The average molecular weight is 299 g/mol. The molecule has 0 aliphatic heterocycles. The maximum absolute atomic E-state index is 12.0. The van der Waals surface area contributed by atoms with Crippen molar-refractivity contribution in [3.05, 3.63) is 17.4 Å². The zero-order valence-electron chi connectivity index (χ0n) is 12.1. The molecule has 1 aliphatic carbocycles. The number of hydrogen-bond acceptors (Lipinski definition) is 3. The Kier molecular flexibility index (Phi) is 4.70. The topological polar surface area (TPSA) is 72.9 Å². The third-order valence-corrected chi connectivity index (χ3v) is 4.31. The number of aromatic nitrogens is 2. The number of nitrogens with one attached hydrogen (secondary N) is 1. The van der Waals surface area contributed by atoms with E-state index in [4.69, 9.17) is 17.3 Å². The summed E-state index contributed by atoms with van der Waals surface area (Å²) in [6, 6.07) is 0.238. The molecule has 1 aromatic heterocycles. The van der Waals surface area contributed by atoms with E-state index in [9.17, 15) is 4.79 Å². The van der Waals surface area contributed by atoms with Gasteiger partial charge in [0.15, 0.2) is 0 Å². The fraction of sp³-hybridized carbons (Fsp3) is 0.714. The van der Waals surface area contributed by atoms with Crippen LogP contribution in [0.15, 0.2) is 12.4 Å². The van der Waals surface area contributed by atoms with E-state index in [2.05, 4.69) is 10.4 Å². The van der Waals surface area contributed by atoms with Crippen LogP contribution in [0.4, 0.5) is 0 Å². The normalized spacial score (nSPS) is 26.3. The lowest BCUT2D eigenvalue weighted by Crippen LogP contribution is -2.60. The summed E-state index contributed by atoms with van der Waals surface area (Å²) >= 11 is 5.86. The number of primary amides is 1. The predicted octanol–water partition coefficient (Wildman–Crippen LogP) is 1.95. The first-order valence-corrected chi connectivity index (χ1v) is 7.57. The highest BCUT2D eigenvalue weighted by atomic mass is 35.5. The lowest BCUT2D eigenvalue weighted by molar-refractivity contribution is -0.126. The first-order chi connectivity index (χ1) is 9.44. The van der Waals surface area contributed by atoms with Gasteiger partial charge in [-0.15, -0.1) is 0 Å². The number of carbonyl (C=O) groups excluding carboxylic acids is 1. The molecule has 0 bridgehead atoms. The Bertz CT molecular complexity index is 473. The minimum atomic E-state index is -0.564. The van der Waals surface area contributed by atoms with E-state index in [0.717, 1.165) is 32.2 Å². The molecule has 2 atom stereocenters. The molecule has 0 aromatic carbocycles. The van der Waals surface area contributed by atoms with Crippen LogP contribution in [0.5, 0.6) is 0 Å². The molecule has 1 aromatic rings. The molecule has 112 valence electrons. The number of amides is 1. The summed E-state index contributed by atoms with van der Waals surface area (Å²) in [6.45, 7) is 4.85. The number of hydrogen-bond donors (Lipinski definition) is 2. The highest BCUT2D eigenvalue weighted by Crippen LogP contribution is 2.38. The molecule has 1 amide bonds. The summed E-state index contributed by atoms with van der Waals surface area (Å²) in [5.41, 5.74) is 5.14. The van der Waals surface area contributed by atoms with E-state index in [0.29, 0.717) is 5.02 Å². The molecular weight excluding hydrogens is 276 g/mol. The lowest BCUT2D eigenvalue weighted by atomic mass is 9.83. The van der Waals surface area contributed by atoms with Crippen LogP contribution in [0.25, 0.3) is 0 Å². The molecule has 5 nitrogen and oxygen atoms in total. The third-order valence-electron chi connectivity index (χ3n) is 4.11. The van der Waals surface area contributed by atoms with E-state index in [1.165, 1.54) is 0 Å². The quantitative estimate of drug-likeness (QED) is 0.843. The number of nitrogens with zero attached hydrogens (tertiary/aromatic N) is 2. The largest absolute Gasteiger partial charge is 0.368 e. The van der Waals surface area contributed by atoms with Crippen molar-refractivity contribution in [2.45, 2.75) is 57.7 Å². The van der Waals surface area contributed by atoms with Gasteiger partial charge in [-0.2, -0.15) is 5.10 Å². The highest BCUT2D eigenvalue weighted by Gasteiger charge is 2.47. The van der Waals surface area contributed by atoms with Gasteiger partial charge in [0.25, 0.3) is 0 Å². The van der Waals surface area contributed by atoms with E-state index >= 15 is 0 Å². The molecule has 2 unspecified atom stereocenters. The van der Waals surface area contributed by atoms with Gasteiger partial charge in [-0.25, -0.2) is 0 Å². The van der Waals surface area contributed by atoms with Gasteiger partial charge < -0.3 is 11.1 Å². The van der Waals surface area contributed by atoms with Gasteiger partial charge in [0.1, 0.15) is 5.54 Å². The van der Waals surface area contributed by atoms with Crippen molar-refractivity contribution in [2.75, 3.05) is 0 Å². The molecule has 1 saturated carbocycles. The number of carbonyl (C=O) groups is 1. The van der Waals surface area contributed by atoms with Crippen LogP contribution in [-0.4, -0.2) is 27.3 Å². The molecule has 6 heteroatoms. The average Bonchev–Trinajstić information content (AvgIpc) is 2.93. The molecule has 1 aliphatic rings. The van der Waals surface area contributed by atoms with E-state index in [1.54, 1.807) is 12.4 Å². The van der Waals surface area contributed by atoms with Crippen LogP contribution >= 0.6 is 11.6 Å². The Morgan fingerprint density at radius 3 is 3.00 bits per heavy atom. The van der Waals surface area contributed by atoms with Crippen molar-refractivity contribution in [3.63, 3.8) is 0 Å². The Balaban J connectivity index is 2.06. The van der Waals surface area contributed by atoms with Crippen molar-refractivity contribution in [3.8, 4) is 0 Å². The molecule has 0 spiro atoms. The van der Waals surface area contributed by atoms with Crippen LogP contribution in [0.1, 0.15) is 39.5 Å². The monoisotopic (exact) mass is 298 g/mol. The van der Waals surface area contributed by atoms with Gasteiger partial charge in [0, 0.05) is 18.8 Å². The maximum atomic E-state index is 12.0. The van der Waals surface area contributed by atoms with E-state index in [-0.39, 0.29) is 17.9 Å². The Morgan fingerprint density at radius 1 is 1.70 bits per heavy atom. The molecule has 0 saturated heterocycles. The number of nitrogens with two attached hydrogens (primary N) is 1. The Morgan fingerprint density at radius 2 is 2.45 bits per heavy atom. The van der Waals surface area contributed by atoms with E-state index in [1.807, 2.05) is 18.5 Å². The summed E-state index contributed by atoms with van der Waals surface area (Å²) in [4.78, 5) is 12.0. The predicted molar refractivity (Wildman–Crippen MR) is 79.4 cm³/mol.